The van der Waals surface area contributed by atoms with Crippen LogP contribution >= 0.6 is 22.9 Å². The van der Waals surface area contributed by atoms with Gasteiger partial charge < -0.3 is 9.47 Å². The average Bonchev–Trinajstić information content (AvgIpc) is 3.25. The first-order valence-corrected chi connectivity index (χ1v) is 9.31. The summed E-state index contributed by atoms with van der Waals surface area (Å²) in [6, 6.07) is 13.6. The molecule has 1 aliphatic rings. The van der Waals surface area contributed by atoms with Gasteiger partial charge in [0.25, 0.3) is 0 Å². The molecule has 0 spiro atoms. The molecule has 1 aliphatic heterocycles. The number of hydrogen-bond acceptors (Lipinski definition) is 6. The molecule has 4 aromatic rings. The van der Waals surface area contributed by atoms with E-state index in [1.54, 1.807) is 4.52 Å². The SMILES string of the molecule is Clc1ccc(Cc2nnc3sc(-c4ccc5c(c4)OCCO5)nn23)cc1. The molecule has 2 aromatic carbocycles. The van der Waals surface area contributed by atoms with Gasteiger partial charge in [-0.2, -0.15) is 9.61 Å². The molecule has 0 atom stereocenters. The summed E-state index contributed by atoms with van der Waals surface area (Å²) in [7, 11) is 0. The van der Waals surface area contributed by atoms with E-state index >= 15 is 0 Å². The number of halogens is 1. The highest BCUT2D eigenvalue weighted by molar-refractivity contribution is 7.19. The molecule has 3 heterocycles. The summed E-state index contributed by atoms with van der Waals surface area (Å²) < 4.78 is 13.0. The summed E-state index contributed by atoms with van der Waals surface area (Å²) in [5, 5.41) is 14.8. The van der Waals surface area contributed by atoms with Gasteiger partial charge in [-0.3, -0.25) is 0 Å². The summed E-state index contributed by atoms with van der Waals surface area (Å²) in [5.41, 5.74) is 2.08. The first kappa shape index (κ1) is 15.6. The summed E-state index contributed by atoms with van der Waals surface area (Å²) in [6.45, 7) is 1.14. The first-order valence-electron chi connectivity index (χ1n) is 8.12. The van der Waals surface area contributed by atoms with Crippen molar-refractivity contribution >= 4 is 27.9 Å². The monoisotopic (exact) mass is 384 g/mol. The van der Waals surface area contributed by atoms with Gasteiger partial charge in [0.2, 0.25) is 4.96 Å². The van der Waals surface area contributed by atoms with E-state index in [2.05, 4.69) is 10.2 Å². The van der Waals surface area contributed by atoms with Crippen molar-refractivity contribution in [1.29, 1.82) is 0 Å². The Hall–Kier alpha value is -2.64. The second kappa shape index (κ2) is 6.26. The predicted octanol–water partition coefficient (Wildman–Crippen LogP) is 3.87. The van der Waals surface area contributed by atoms with Gasteiger partial charge in [-0.25, -0.2) is 0 Å². The first-order chi connectivity index (χ1) is 12.8. The zero-order valence-electron chi connectivity index (χ0n) is 13.6. The maximum absolute atomic E-state index is 5.95. The highest BCUT2D eigenvalue weighted by Crippen LogP contribution is 2.35. The summed E-state index contributed by atoms with van der Waals surface area (Å²) in [4.78, 5) is 0.763. The Labute approximate surface area is 158 Å². The van der Waals surface area contributed by atoms with Crippen molar-refractivity contribution in [2.75, 3.05) is 13.2 Å². The molecule has 0 amide bonds. The van der Waals surface area contributed by atoms with E-state index < -0.39 is 0 Å². The molecule has 8 heteroatoms. The van der Waals surface area contributed by atoms with Crippen molar-refractivity contribution in [2.45, 2.75) is 6.42 Å². The van der Waals surface area contributed by atoms with Crippen molar-refractivity contribution in [3.8, 4) is 22.1 Å². The highest BCUT2D eigenvalue weighted by atomic mass is 35.5. The predicted molar refractivity (Wildman–Crippen MR) is 99.3 cm³/mol. The standard InChI is InChI=1S/C18H13ClN4O2S/c19-13-4-1-11(2-5-13)9-16-20-21-18-23(16)22-17(26-18)12-3-6-14-15(10-12)25-8-7-24-14/h1-6,10H,7-9H2. The molecule has 0 bridgehead atoms. The number of rotatable bonds is 3. The fourth-order valence-electron chi connectivity index (χ4n) is 2.85. The zero-order valence-corrected chi connectivity index (χ0v) is 15.1. The Bertz CT molecular complexity index is 1090. The number of nitrogens with zero attached hydrogens (tertiary/aromatic N) is 4. The Morgan fingerprint density at radius 3 is 2.65 bits per heavy atom. The minimum Gasteiger partial charge on any atom is -0.486 e. The number of benzene rings is 2. The van der Waals surface area contributed by atoms with Crippen LogP contribution in [0.5, 0.6) is 11.5 Å². The third-order valence-electron chi connectivity index (χ3n) is 4.12. The lowest BCUT2D eigenvalue weighted by atomic mass is 10.1. The van der Waals surface area contributed by atoms with Crippen molar-refractivity contribution in [2.24, 2.45) is 0 Å². The molecule has 26 heavy (non-hydrogen) atoms. The van der Waals surface area contributed by atoms with E-state index in [-0.39, 0.29) is 0 Å². The van der Waals surface area contributed by atoms with Crippen LogP contribution in [0.2, 0.25) is 5.02 Å². The lowest BCUT2D eigenvalue weighted by Crippen LogP contribution is -2.15. The molecule has 0 N–H and O–H groups in total. The Balaban J connectivity index is 1.49. The van der Waals surface area contributed by atoms with Crippen LogP contribution in [0.4, 0.5) is 0 Å². The van der Waals surface area contributed by atoms with Gasteiger partial charge in [0.15, 0.2) is 17.3 Å². The van der Waals surface area contributed by atoms with Crippen molar-refractivity contribution < 1.29 is 9.47 Å². The molecule has 0 unspecified atom stereocenters. The molecular formula is C18H13ClN4O2S. The maximum Gasteiger partial charge on any atom is 0.234 e. The average molecular weight is 385 g/mol. The lowest BCUT2D eigenvalue weighted by molar-refractivity contribution is 0.171. The minimum atomic E-state index is 0.562. The maximum atomic E-state index is 5.95. The molecule has 6 nitrogen and oxygen atoms in total. The minimum absolute atomic E-state index is 0.562. The molecule has 0 aliphatic carbocycles. The van der Waals surface area contributed by atoms with Crippen molar-refractivity contribution in [1.82, 2.24) is 19.8 Å². The van der Waals surface area contributed by atoms with E-state index in [0.29, 0.717) is 19.6 Å². The Morgan fingerprint density at radius 2 is 1.81 bits per heavy atom. The van der Waals surface area contributed by atoms with E-state index in [4.69, 9.17) is 26.2 Å². The van der Waals surface area contributed by atoms with Gasteiger partial charge in [0.1, 0.15) is 18.2 Å². The van der Waals surface area contributed by atoms with Crippen LogP contribution in [0.15, 0.2) is 42.5 Å². The Kier molecular flexibility index (Phi) is 3.76. The van der Waals surface area contributed by atoms with E-state index in [1.165, 1.54) is 11.3 Å². The van der Waals surface area contributed by atoms with Gasteiger partial charge >= 0.3 is 0 Å². The van der Waals surface area contributed by atoms with E-state index in [9.17, 15) is 0 Å². The number of aromatic nitrogens is 4. The topological polar surface area (TPSA) is 61.5 Å². The number of hydrogen-bond donors (Lipinski definition) is 0. The van der Waals surface area contributed by atoms with Crippen molar-refractivity contribution in [3.05, 3.63) is 58.9 Å². The fraction of sp³-hybridized carbons (Fsp3) is 0.167. The molecule has 5 rings (SSSR count). The zero-order chi connectivity index (χ0) is 17.5. The summed E-state index contributed by atoms with van der Waals surface area (Å²) >= 11 is 7.44. The smallest absolute Gasteiger partial charge is 0.234 e. The number of ether oxygens (including phenoxy) is 2. The van der Waals surface area contributed by atoms with Gasteiger partial charge in [0, 0.05) is 17.0 Å². The normalized spacial score (nSPS) is 13.3. The Morgan fingerprint density at radius 1 is 1.00 bits per heavy atom. The van der Waals surface area contributed by atoms with Crippen LogP contribution in [0.25, 0.3) is 15.5 Å². The van der Waals surface area contributed by atoms with Crippen molar-refractivity contribution in [3.63, 3.8) is 0 Å². The molecule has 0 radical (unpaired) electrons. The van der Waals surface area contributed by atoms with Crippen LogP contribution in [-0.2, 0) is 6.42 Å². The van der Waals surface area contributed by atoms with E-state index in [0.717, 1.165) is 43.4 Å². The largest absolute Gasteiger partial charge is 0.486 e. The quantitative estimate of drug-likeness (QED) is 0.536. The fourth-order valence-corrected chi connectivity index (χ4v) is 3.83. The van der Waals surface area contributed by atoms with Gasteiger partial charge in [-0.05, 0) is 35.9 Å². The third kappa shape index (κ3) is 2.79. The summed E-state index contributed by atoms with van der Waals surface area (Å²) in [6.07, 6.45) is 0.642. The molecular weight excluding hydrogens is 372 g/mol. The summed E-state index contributed by atoms with van der Waals surface area (Å²) in [5.74, 6) is 2.31. The molecule has 0 fully saturated rings. The van der Waals surface area contributed by atoms with E-state index in [1.807, 2.05) is 42.5 Å². The van der Waals surface area contributed by atoms with Gasteiger partial charge in [-0.1, -0.05) is 35.1 Å². The van der Waals surface area contributed by atoms with Gasteiger partial charge in [-0.15, -0.1) is 10.2 Å². The van der Waals surface area contributed by atoms with Crippen LogP contribution in [-0.4, -0.2) is 33.0 Å². The second-order valence-electron chi connectivity index (χ2n) is 5.88. The molecule has 2 aromatic heterocycles. The second-order valence-corrected chi connectivity index (χ2v) is 7.27. The molecule has 130 valence electrons. The molecule has 0 saturated heterocycles. The van der Waals surface area contributed by atoms with Crippen LogP contribution in [0, 0.1) is 0 Å². The molecule has 0 saturated carbocycles. The van der Waals surface area contributed by atoms with Crippen LogP contribution < -0.4 is 9.47 Å². The van der Waals surface area contributed by atoms with Gasteiger partial charge in [0.05, 0.1) is 0 Å². The lowest BCUT2D eigenvalue weighted by Gasteiger charge is -2.18. The highest BCUT2D eigenvalue weighted by Gasteiger charge is 2.17. The van der Waals surface area contributed by atoms with Crippen LogP contribution in [0.1, 0.15) is 11.4 Å². The van der Waals surface area contributed by atoms with Crippen LogP contribution in [0.3, 0.4) is 0 Å². The number of fused-ring (bicyclic) bond motifs is 2. The third-order valence-corrected chi connectivity index (χ3v) is 5.32.